The summed E-state index contributed by atoms with van der Waals surface area (Å²) < 4.78 is 5.61. The van der Waals surface area contributed by atoms with Gasteiger partial charge in [-0.1, -0.05) is 21.1 Å². The quantitative estimate of drug-likeness (QED) is 0.669. The Balaban J connectivity index is 2.01. The van der Waals surface area contributed by atoms with Gasteiger partial charge < -0.3 is 9.84 Å². The van der Waals surface area contributed by atoms with Crippen LogP contribution >= 0.6 is 15.9 Å². The fraction of sp³-hybridized carbons (Fsp3) is 0.273. The van der Waals surface area contributed by atoms with Gasteiger partial charge >= 0.3 is 0 Å². The fourth-order valence-electron chi connectivity index (χ4n) is 1.57. The lowest BCUT2D eigenvalue weighted by Crippen LogP contribution is -2.14. The molecule has 1 aromatic heterocycles. The normalized spacial score (nSPS) is 10.6. The number of aryl methyl sites for hydroxylation is 1. The van der Waals surface area contributed by atoms with E-state index < -0.39 is 4.92 Å². The number of hydrogen-bond donors (Lipinski definition) is 1. The van der Waals surface area contributed by atoms with E-state index in [0.717, 1.165) is 0 Å². The van der Waals surface area contributed by atoms with E-state index in [9.17, 15) is 10.1 Å². The first-order valence-electron chi connectivity index (χ1n) is 5.49. The van der Waals surface area contributed by atoms with Crippen molar-refractivity contribution < 1.29 is 9.45 Å². The third kappa shape index (κ3) is 3.58. The van der Waals surface area contributed by atoms with Crippen molar-refractivity contribution in [2.45, 2.75) is 20.0 Å². The minimum Gasteiger partial charge on any atom is -0.338 e. The average Bonchev–Trinajstić information content (AvgIpc) is 2.77. The summed E-state index contributed by atoms with van der Waals surface area (Å²) in [4.78, 5) is 14.6. The third-order valence-electron chi connectivity index (χ3n) is 2.41. The lowest BCUT2D eigenvalue weighted by atomic mass is 10.2. The number of halogens is 1. The Morgan fingerprint density at radius 3 is 2.89 bits per heavy atom. The molecule has 19 heavy (non-hydrogen) atoms. The SMILES string of the molecule is Cc1noc(CNCc2ccc(Br)cc2[N+](=O)[O-])n1. The van der Waals surface area contributed by atoms with Gasteiger partial charge in [0, 0.05) is 22.6 Å². The summed E-state index contributed by atoms with van der Waals surface area (Å²) in [5.41, 5.74) is 0.674. The Morgan fingerprint density at radius 2 is 2.26 bits per heavy atom. The molecule has 0 fully saturated rings. The van der Waals surface area contributed by atoms with Crippen molar-refractivity contribution in [1.29, 1.82) is 0 Å². The Labute approximate surface area is 117 Å². The van der Waals surface area contributed by atoms with Gasteiger partial charge in [0.05, 0.1) is 11.5 Å². The van der Waals surface area contributed by atoms with Crippen molar-refractivity contribution in [3.63, 3.8) is 0 Å². The molecule has 0 saturated carbocycles. The molecule has 0 spiro atoms. The number of rotatable bonds is 5. The van der Waals surface area contributed by atoms with Crippen LogP contribution in [0.25, 0.3) is 0 Å². The van der Waals surface area contributed by atoms with Crippen molar-refractivity contribution in [2.24, 2.45) is 0 Å². The second-order valence-corrected chi connectivity index (χ2v) is 4.78. The molecule has 2 rings (SSSR count). The minimum atomic E-state index is -0.404. The maximum absolute atomic E-state index is 10.9. The first kappa shape index (κ1) is 13.6. The molecule has 0 amide bonds. The lowest BCUT2D eigenvalue weighted by molar-refractivity contribution is -0.385. The first-order chi connectivity index (χ1) is 9.06. The van der Waals surface area contributed by atoms with Gasteiger partial charge in [-0.25, -0.2) is 0 Å². The van der Waals surface area contributed by atoms with Crippen LogP contribution in [0.2, 0.25) is 0 Å². The van der Waals surface area contributed by atoms with E-state index in [1.165, 1.54) is 6.07 Å². The molecule has 0 atom stereocenters. The molecule has 1 heterocycles. The van der Waals surface area contributed by atoms with E-state index in [1.54, 1.807) is 19.1 Å². The topological polar surface area (TPSA) is 94.1 Å². The molecule has 0 unspecified atom stereocenters. The van der Waals surface area contributed by atoms with E-state index in [2.05, 4.69) is 31.4 Å². The Hall–Kier alpha value is -1.80. The van der Waals surface area contributed by atoms with Crippen molar-refractivity contribution in [2.75, 3.05) is 0 Å². The van der Waals surface area contributed by atoms with Crippen molar-refractivity contribution in [3.05, 3.63) is 50.1 Å². The number of aromatic nitrogens is 2. The van der Waals surface area contributed by atoms with Gasteiger partial charge in [0.15, 0.2) is 5.82 Å². The number of benzene rings is 1. The minimum absolute atomic E-state index is 0.0728. The predicted molar refractivity (Wildman–Crippen MR) is 70.4 cm³/mol. The van der Waals surface area contributed by atoms with Crippen molar-refractivity contribution in [1.82, 2.24) is 15.5 Å². The van der Waals surface area contributed by atoms with Crippen LogP contribution in [0.5, 0.6) is 0 Å². The summed E-state index contributed by atoms with van der Waals surface area (Å²) in [7, 11) is 0. The highest BCUT2D eigenvalue weighted by Gasteiger charge is 2.13. The van der Waals surface area contributed by atoms with Gasteiger partial charge in [0.2, 0.25) is 5.89 Å². The molecule has 8 heteroatoms. The van der Waals surface area contributed by atoms with Gasteiger partial charge in [0.1, 0.15) is 0 Å². The van der Waals surface area contributed by atoms with Crippen LogP contribution in [-0.4, -0.2) is 15.1 Å². The second kappa shape index (κ2) is 5.89. The van der Waals surface area contributed by atoms with Crippen LogP contribution in [0.1, 0.15) is 17.3 Å². The van der Waals surface area contributed by atoms with E-state index in [1.807, 2.05) is 0 Å². The maximum atomic E-state index is 10.9. The standard InChI is InChI=1S/C11H11BrN4O3/c1-7-14-11(19-15-7)6-13-5-8-2-3-9(12)4-10(8)16(17)18/h2-4,13H,5-6H2,1H3. The maximum Gasteiger partial charge on any atom is 0.275 e. The molecule has 0 radical (unpaired) electrons. The summed E-state index contributed by atoms with van der Waals surface area (Å²) in [5, 5.41) is 17.6. The number of nitro groups is 1. The molecule has 0 aliphatic carbocycles. The van der Waals surface area contributed by atoms with E-state index in [0.29, 0.717) is 34.8 Å². The zero-order chi connectivity index (χ0) is 13.8. The second-order valence-electron chi connectivity index (χ2n) is 3.87. The smallest absolute Gasteiger partial charge is 0.275 e. The van der Waals surface area contributed by atoms with E-state index >= 15 is 0 Å². The summed E-state index contributed by atoms with van der Waals surface area (Å²) >= 11 is 3.21. The number of hydrogen-bond acceptors (Lipinski definition) is 6. The molecular formula is C11H11BrN4O3. The van der Waals surface area contributed by atoms with Crippen LogP contribution in [0.15, 0.2) is 27.2 Å². The van der Waals surface area contributed by atoms with Gasteiger partial charge in [-0.05, 0) is 19.1 Å². The zero-order valence-electron chi connectivity index (χ0n) is 10.1. The fourth-order valence-corrected chi connectivity index (χ4v) is 1.92. The van der Waals surface area contributed by atoms with Crippen LogP contribution in [0, 0.1) is 17.0 Å². The zero-order valence-corrected chi connectivity index (χ0v) is 11.7. The monoisotopic (exact) mass is 326 g/mol. The van der Waals surface area contributed by atoms with Gasteiger partial charge in [0.25, 0.3) is 5.69 Å². The average molecular weight is 327 g/mol. The predicted octanol–water partition coefficient (Wildman–Crippen LogP) is 2.34. The molecule has 2 aromatic rings. The highest BCUT2D eigenvalue weighted by atomic mass is 79.9. The Kier molecular flexibility index (Phi) is 4.23. The molecule has 0 aliphatic heterocycles. The van der Waals surface area contributed by atoms with Crippen LogP contribution in [0.3, 0.4) is 0 Å². The summed E-state index contributed by atoms with van der Waals surface area (Å²) in [6.07, 6.45) is 0. The Bertz CT molecular complexity index is 599. The first-order valence-corrected chi connectivity index (χ1v) is 6.28. The van der Waals surface area contributed by atoms with Gasteiger partial charge in [-0.2, -0.15) is 4.98 Å². The van der Waals surface area contributed by atoms with Crippen LogP contribution in [0.4, 0.5) is 5.69 Å². The summed E-state index contributed by atoms with van der Waals surface area (Å²) in [6.45, 7) is 2.45. The van der Waals surface area contributed by atoms with Gasteiger partial charge in [-0.3, -0.25) is 10.1 Å². The van der Waals surface area contributed by atoms with Crippen LogP contribution in [-0.2, 0) is 13.1 Å². The van der Waals surface area contributed by atoms with Gasteiger partial charge in [-0.15, -0.1) is 0 Å². The van der Waals surface area contributed by atoms with E-state index in [-0.39, 0.29) is 5.69 Å². The van der Waals surface area contributed by atoms with Crippen LogP contribution < -0.4 is 5.32 Å². The van der Waals surface area contributed by atoms with Crippen molar-refractivity contribution >= 4 is 21.6 Å². The summed E-state index contributed by atoms with van der Waals surface area (Å²) in [5.74, 6) is 1.02. The number of nitro benzene ring substituents is 1. The van der Waals surface area contributed by atoms with E-state index in [4.69, 9.17) is 4.52 Å². The highest BCUT2D eigenvalue weighted by Crippen LogP contribution is 2.23. The lowest BCUT2D eigenvalue weighted by Gasteiger charge is -2.04. The number of nitrogens with zero attached hydrogens (tertiary/aromatic N) is 3. The number of nitrogens with one attached hydrogen (secondary N) is 1. The molecular weight excluding hydrogens is 316 g/mol. The molecule has 0 bridgehead atoms. The van der Waals surface area contributed by atoms with Crippen molar-refractivity contribution in [3.8, 4) is 0 Å². The highest BCUT2D eigenvalue weighted by molar-refractivity contribution is 9.10. The molecule has 1 N–H and O–H groups in total. The molecule has 100 valence electrons. The summed E-state index contributed by atoms with van der Waals surface area (Å²) in [6, 6.07) is 4.95. The molecule has 0 saturated heterocycles. The molecule has 0 aliphatic rings. The third-order valence-corrected chi connectivity index (χ3v) is 2.90. The largest absolute Gasteiger partial charge is 0.338 e. The molecule has 7 nitrogen and oxygen atoms in total. The molecule has 1 aromatic carbocycles. The Morgan fingerprint density at radius 1 is 1.47 bits per heavy atom.